The maximum atomic E-state index is 12.9. The van der Waals surface area contributed by atoms with Gasteiger partial charge in [0.15, 0.2) is 11.5 Å². The second-order valence-corrected chi connectivity index (χ2v) is 6.59. The van der Waals surface area contributed by atoms with Crippen molar-refractivity contribution in [3.05, 3.63) is 76.4 Å². The van der Waals surface area contributed by atoms with E-state index >= 15 is 0 Å². The molecule has 130 valence electrons. The van der Waals surface area contributed by atoms with Gasteiger partial charge in [-0.2, -0.15) is 0 Å². The molecule has 1 amide bonds. The number of hydrogen-bond donors (Lipinski definition) is 1. The predicted molar refractivity (Wildman–Crippen MR) is 94.0 cm³/mol. The molecule has 4 rings (SSSR count). The van der Waals surface area contributed by atoms with Crippen LogP contribution >= 0.6 is 11.3 Å². The summed E-state index contributed by atoms with van der Waals surface area (Å²) in [4.78, 5) is 26.9. The van der Waals surface area contributed by atoms with Crippen molar-refractivity contribution in [3.63, 3.8) is 0 Å². The van der Waals surface area contributed by atoms with Crippen LogP contribution in [-0.2, 0) is 4.79 Å². The van der Waals surface area contributed by atoms with Gasteiger partial charge in [-0.3, -0.25) is 14.5 Å². The molecule has 0 saturated heterocycles. The highest BCUT2D eigenvalue weighted by atomic mass is 32.1. The highest BCUT2D eigenvalue weighted by molar-refractivity contribution is 7.13. The zero-order valence-electron chi connectivity index (χ0n) is 13.6. The van der Waals surface area contributed by atoms with Crippen molar-refractivity contribution in [2.75, 3.05) is 4.90 Å². The first-order chi connectivity index (χ1) is 12.6. The van der Waals surface area contributed by atoms with Gasteiger partial charge in [0, 0.05) is 0 Å². The average Bonchev–Trinajstić information content (AvgIpc) is 3.38. The van der Waals surface area contributed by atoms with Gasteiger partial charge in [-0.1, -0.05) is 41.2 Å². The van der Waals surface area contributed by atoms with Crippen LogP contribution in [-0.4, -0.2) is 27.0 Å². The standard InChI is InChI=1S/C18H13N3O4S/c1-10-4-6-11(7-5-10)14-13(15(22)12-3-2-8-25-12)16(23)17(24)21(14)18-20-19-9-26-18/h2-9,14,23H,1H3. The Balaban J connectivity index is 1.88. The molecule has 0 radical (unpaired) electrons. The fourth-order valence-electron chi connectivity index (χ4n) is 2.91. The number of nitrogens with zero attached hydrogens (tertiary/aromatic N) is 3. The van der Waals surface area contributed by atoms with Crippen LogP contribution in [0, 0.1) is 6.92 Å². The average molecular weight is 367 g/mol. The van der Waals surface area contributed by atoms with E-state index in [0.29, 0.717) is 10.7 Å². The summed E-state index contributed by atoms with van der Waals surface area (Å²) in [5.41, 5.74) is 3.16. The number of Topliss-reactive ketones (excluding diaryl/α,β-unsaturated/α-hetero) is 1. The van der Waals surface area contributed by atoms with E-state index in [0.717, 1.165) is 16.9 Å². The summed E-state index contributed by atoms with van der Waals surface area (Å²) in [6, 6.07) is 9.64. The number of anilines is 1. The van der Waals surface area contributed by atoms with Gasteiger partial charge >= 0.3 is 0 Å². The third-order valence-electron chi connectivity index (χ3n) is 4.15. The molecule has 1 aliphatic rings. The zero-order chi connectivity index (χ0) is 18.3. The van der Waals surface area contributed by atoms with Gasteiger partial charge in [-0.05, 0) is 24.6 Å². The minimum atomic E-state index is -0.811. The van der Waals surface area contributed by atoms with E-state index in [1.807, 2.05) is 31.2 Å². The summed E-state index contributed by atoms with van der Waals surface area (Å²) >= 11 is 1.15. The van der Waals surface area contributed by atoms with E-state index in [1.54, 1.807) is 6.07 Å². The van der Waals surface area contributed by atoms with Crippen LogP contribution in [0.3, 0.4) is 0 Å². The molecule has 3 aromatic rings. The Morgan fingerprint density at radius 3 is 2.65 bits per heavy atom. The number of aliphatic hydroxyl groups is 1. The molecule has 1 aliphatic heterocycles. The highest BCUT2D eigenvalue weighted by Gasteiger charge is 2.46. The molecule has 0 spiro atoms. The van der Waals surface area contributed by atoms with E-state index in [4.69, 9.17) is 4.42 Å². The smallest absolute Gasteiger partial charge is 0.296 e. The van der Waals surface area contributed by atoms with Gasteiger partial charge in [0.05, 0.1) is 17.9 Å². The summed E-state index contributed by atoms with van der Waals surface area (Å²) in [5, 5.41) is 18.5. The van der Waals surface area contributed by atoms with E-state index < -0.39 is 23.5 Å². The van der Waals surface area contributed by atoms with E-state index in [9.17, 15) is 14.7 Å². The molecule has 1 N–H and O–H groups in total. The minimum absolute atomic E-state index is 0.0380. The number of aliphatic hydroxyl groups excluding tert-OH is 1. The van der Waals surface area contributed by atoms with Crippen LogP contribution in [0.2, 0.25) is 0 Å². The van der Waals surface area contributed by atoms with Crippen molar-refractivity contribution >= 4 is 28.2 Å². The number of ketones is 1. The van der Waals surface area contributed by atoms with Crippen molar-refractivity contribution in [3.8, 4) is 0 Å². The summed E-state index contributed by atoms with van der Waals surface area (Å²) in [6.07, 6.45) is 1.37. The summed E-state index contributed by atoms with van der Waals surface area (Å²) in [7, 11) is 0. The normalized spacial score (nSPS) is 17.2. The maximum absolute atomic E-state index is 12.9. The Morgan fingerprint density at radius 2 is 2.04 bits per heavy atom. The fourth-order valence-corrected chi connectivity index (χ4v) is 3.50. The fraction of sp³-hybridized carbons (Fsp3) is 0.111. The molecule has 0 aliphatic carbocycles. The van der Waals surface area contributed by atoms with Crippen molar-refractivity contribution in [1.82, 2.24) is 10.2 Å². The third-order valence-corrected chi connectivity index (χ3v) is 4.83. The van der Waals surface area contributed by atoms with Gasteiger partial charge in [0.25, 0.3) is 5.91 Å². The Kier molecular flexibility index (Phi) is 3.89. The number of aromatic nitrogens is 2. The van der Waals surface area contributed by atoms with Crippen LogP contribution in [0.1, 0.15) is 27.7 Å². The van der Waals surface area contributed by atoms with Gasteiger partial charge in [-0.15, -0.1) is 10.2 Å². The van der Waals surface area contributed by atoms with Crippen molar-refractivity contribution in [2.45, 2.75) is 13.0 Å². The number of rotatable bonds is 4. The lowest BCUT2D eigenvalue weighted by molar-refractivity contribution is -0.117. The number of carbonyl (C=O) groups is 2. The van der Waals surface area contributed by atoms with Crippen molar-refractivity contribution in [2.24, 2.45) is 0 Å². The number of amides is 1. The molecule has 2 aromatic heterocycles. The topological polar surface area (TPSA) is 96.5 Å². The van der Waals surface area contributed by atoms with Gasteiger partial charge in [-0.25, -0.2) is 0 Å². The van der Waals surface area contributed by atoms with Gasteiger partial charge in [0.1, 0.15) is 5.51 Å². The van der Waals surface area contributed by atoms with E-state index in [-0.39, 0.29) is 11.3 Å². The van der Waals surface area contributed by atoms with Crippen LogP contribution < -0.4 is 4.90 Å². The molecular formula is C18H13N3O4S. The molecule has 26 heavy (non-hydrogen) atoms. The summed E-state index contributed by atoms with van der Waals surface area (Å²) in [6.45, 7) is 1.94. The Bertz CT molecular complexity index is 992. The minimum Gasteiger partial charge on any atom is -0.503 e. The largest absolute Gasteiger partial charge is 0.503 e. The molecule has 1 unspecified atom stereocenters. The number of carbonyl (C=O) groups excluding carboxylic acids is 2. The first-order valence-electron chi connectivity index (χ1n) is 7.75. The van der Waals surface area contributed by atoms with E-state index in [1.165, 1.54) is 22.7 Å². The Hall–Kier alpha value is -3.26. The quantitative estimate of drug-likeness (QED) is 0.711. The number of aryl methyl sites for hydroxylation is 1. The van der Waals surface area contributed by atoms with Crippen LogP contribution in [0.25, 0.3) is 0 Å². The van der Waals surface area contributed by atoms with Crippen molar-refractivity contribution < 1.29 is 19.1 Å². The lowest BCUT2D eigenvalue weighted by Gasteiger charge is -2.23. The zero-order valence-corrected chi connectivity index (χ0v) is 14.4. The lowest BCUT2D eigenvalue weighted by atomic mass is 9.95. The van der Waals surface area contributed by atoms with Crippen LogP contribution in [0.4, 0.5) is 5.13 Å². The number of furan rings is 1. The second kappa shape index (κ2) is 6.23. The highest BCUT2D eigenvalue weighted by Crippen LogP contribution is 2.42. The summed E-state index contributed by atoms with van der Waals surface area (Å²) < 4.78 is 5.17. The first kappa shape index (κ1) is 16.2. The van der Waals surface area contributed by atoms with Gasteiger partial charge < -0.3 is 9.52 Å². The maximum Gasteiger partial charge on any atom is 0.296 e. The monoisotopic (exact) mass is 367 g/mol. The number of hydrogen-bond acceptors (Lipinski definition) is 7. The molecule has 0 saturated carbocycles. The van der Waals surface area contributed by atoms with Crippen LogP contribution in [0.5, 0.6) is 0 Å². The molecule has 1 aromatic carbocycles. The molecule has 7 nitrogen and oxygen atoms in total. The molecular weight excluding hydrogens is 354 g/mol. The van der Waals surface area contributed by atoms with Crippen LogP contribution in [0.15, 0.2) is 63.9 Å². The Labute approximate surface area is 152 Å². The first-order valence-corrected chi connectivity index (χ1v) is 8.63. The SMILES string of the molecule is Cc1ccc(C2C(C(=O)c3ccco3)=C(O)C(=O)N2c2nncs2)cc1. The van der Waals surface area contributed by atoms with Crippen molar-refractivity contribution in [1.29, 1.82) is 0 Å². The third kappa shape index (κ3) is 2.51. The molecule has 3 heterocycles. The second-order valence-electron chi connectivity index (χ2n) is 5.78. The molecule has 0 bridgehead atoms. The Morgan fingerprint density at radius 1 is 1.27 bits per heavy atom. The molecule has 0 fully saturated rings. The molecule has 1 atom stereocenters. The van der Waals surface area contributed by atoms with Gasteiger partial charge in [0.2, 0.25) is 10.9 Å². The lowest BCUT2D eigenvalue weighted by Crippen LogP contribution is -2.31. The molecule has 8 heteroatoms. The predicted octanol–water partition coefficient (Wildman–Crippen LogP) is 3.22. The number of benzene rings is 1. The summed E-state index contributed by atoms with van der Waals surface area (Å²) in [5.74, 6) is -1.79. The van der Waals surface area contributed by atoms with E-state index in [2.05, 4.69) is 10.2 Å².